The Labute approximate surface area is 109 Å². The van der Waals surface area contributed by atoms with Crippen LogP contribution in [0.2, 0.25) is 0 Å². The van der Waals surface area contributed by atoms with E-state index in [-0.39, 0.29) is 6.10 Å². The Morgan fingerprint density at radius 3 is 2.78 bits per heavy atom. The summed E-state index contributed by atoms with van der Waals surface area (Å²) in [6.45, 7) is 4.80. The summed E-state index contributed by atoms with van der Waals surface area (Å²) in [7, 11) is 1.67. The number of aliphatic hydroxyl groups is 1. The first-order valence-corrected chi connectivity index (χ1v) is 6.52. The molecule has 4 heteroatoms. The zero-order chi connectivity index (χ0) is 12.8. The Balaban J connectivity index is 1.87. The highest BCUT2D eigenvalue weighted by molar-refractivity contribution is 5.33. The number of nitrogens with one attached hydrogen (secondary N) is 1. The van der Waals surface area contributed by atoms with Crippen molar-refractivity contribution in [3.8, 4) is 5.75 Å². The van der Waals surface area contributed by atoms with Gasteiger partial charge < -0.3 is 15.2 Å². The third kappa shape index (κ3) is 3.70. The molecule has 1 heterocycles. The summed E-state index contributed by atoms with van der Waals surface area (Å²) < 4.78 is 5.30. The fourth-order valence-corrected chi connectivity index (χ4v) is 2.38. The number of rotatable bonds is 5. The summed E-state index contributed by atoms with van der Waals surface area (Å²) >= 11 is 0. The van der Waals surface area contributed by atoms with Crippen LogP contribution in [-0.4, -0.2) is 55.9 Å². The van der Waals surface area contributed by atoms with Crippen LogP contribution < -0.4 is 10.1 Å². The number of hydrogen-bond donors (Lipinski definition) is 2. The van der Waals surface area contributed by atoms with Gasteiger partial charge in [0, 0.05) is 39.1 Å². The molecule has 18 heavy (non-hydrogen) atoms. The van der Waals surface area contributed by atoms with Crippen molar-refractivity contribution in [1.29, 1.82) is 0 Å². The van der Waals surface area contributed by atoms with Gasteiger partial charge in [-0.15, -0.1) is 0 Å². The molecule has 0 aromatic heterocycles. The molecule has 1 aromatic rings. The zero-order valence-electron chi connectivity index (χ0n) is 10.9. The van der Waals surface area contributed by atoms with Crippen LogP contribution in [0.15, 0.2) is 24.3 Å². The summed E-state index contributed by atoms with van der Waals surface area (Å²) in [6.07, 6.45) is 0.313. The lowest BCUT2D eigenvalue weighted by Gasteiger charge is -2.29. The van der Waals surface area contributed by atoms with Gasteiger partial charge in [0.05, 0.1) is 13.2 Å². The zero-order valence-corrected chi connectivity index (χ0v) is 10.9. The van der Waals surface area contributed by atoms with Crippen molar-refractivity contribution >= 4 is 0 Å². The molecule has 2 N–H and O–H groups in total. The molecule has 1 aliphatic heterocycles. The molecule has 1 unspecified atom stereocenters. The molecule has 0 saturated carbocycles. The van der Waals surface area contributed by atoms with Crippen LogP contribution in [0, 0.1) is 0 Å². The molecule has 0 radical (unpaired) electrons. The molecule has 1 fully saturated rings. The van der Waals surface area contributed by atoms with Gasteiger partial charge in [0.15, 0.2) is 0 Å². The van der Waals surface area contributed by atoms with E-state index in [1.165, 1.54) is 0 Å². The molecule has 1 aliphatic rings. The number of para-hydroxylation sites is 1. The fraction of sp³-hybridized carbons (Fsp3) is 0.571. The van der Waals surface area contributed by atoms with Crippen molar-refractivity contribution in [2.24, 2.45) is 0 Å². The average Bonchev–Trinajstić information content (AvgIpc) is 2.40. The Kier molecular flexibility index (Phi) is 4.99. The minimum Gasteiger partial charge on any atom is -0.496 e. The van der Waals surface area contributed by atoms with E-state index in [0.717, 1.165) is 44.0 Å². The van der Waals surface area contributed by atoms with E-state index in [1.807, 2.05) is 24.3 Å². The van der Waals surface area contributed by atoms with Gasteiger partial charge in [0.1, 0.15) is 5.75 Å². The highest BCUT2D eigenvalue weighted by Gasteiger charge is 2.15. The number of nitrogens with zero attached hydrogens (tertiary/aromatic N) is 1. The molecule has 2 rings (SSSR count). The molecule has 0 aliphatic carbocycles. The normalized spacial score (nSPS) is 18.6. The number of methoxy groups -OCH3 is 1. The summed E-state index contributed by atoms with van der Waals surface area (Å²) in [6, 6.07) is 7.88. The number of piperazine rings is 1. The number of ether oxygens (including phenoxy) is 1. The lowest BCUT2D eigenvalue weighted by molar-refractivity contribution is 0.105. The predicted molar refractivity (Wildman–Crippen MR) is 72.0 cm³/mol. The van der Waals surface area contributed by atoms with Crippen molar-refractivity contribution in [1.82, 2.24) is 10.2 Å². The van der Waals surface area contributed by atoms with E-state index in [1.54, 1.807) is 7.11 Å². The molecule has 1 atom stereocenters. The maximum Gasteiger partial charge on any atom is 0.122 e. The predicted octanol–water partition coefficient (Wildman–Crippen LogP) is 0.504. The number of hydrogen-bond acceptors (Lipinski definition) is 4. The van der Waals surface area contributed by atoms with Crippen LogP contribution in [-0.2, 0) is 6.42 Å². The van der Waals surface area contributed by atoms with E-state index >= 15 is 0 Å². The second kappa shape index (κ2) is 6.73. The van der Waals surface area contributed by atoms with Gasteiger partial charge in [0.2, 0.25) is 0 Å². The quantitative estimate of drug-likeness (QED) is 0.799. The van der Waals surface area contributed by atoms with Gasteiger partial charge in [-0.2, -0.15) is 0 Å². The first kappa shape index (κ1) is 13.3. The maximum absolute atomic E-state index is 10.2. The summed E-state index contributed by atoms with van der Waals surface area (Å²) in [5.41, 5.74) is 1.07. The number of benzene rings is 1. The second-order valence-corrected chi connectivity index (χ2v) is 4.72. The molecular weight excluding hydrogens is 228 g/mol. The summed E-state index contributed by atoms with van der Waals surface area (Å²) in [5, 5.41) is 13.5. The molecule has 100 valence electrons. The molecule has 0 amide bonds. The largest absolute Gasteiger partial charge is 0.496 e. The topological polar surface area (TPSA) is 44.7 Å². The first-order chi connectivity index (χ1) is 8.79. The van der Waals surface area contributed by atoms with Crippen molar-refractivity contribution in [3.05, 3.63) is 29.8 Å². The second-order valence-electron chi connectivity index (χ2n) is 4.72. The Morgan fingerprint density at radius 2 is 2.06 bits per heavy atom. The van der Waals surface area contributed by atoms with Crippen LogP contribution in [0.5, 0.6) is 5.75 Å². The summed E-state index contributed by atoms with van der Waals surface area (Å²) in [4.78, 5) is 2.30. The van der Waals surface area contributed by atoms with Crippen molar-refractivity contribution in [2.45, 2.75) is 12.5 Å². The molecular formula is C14H22N2O2. The molecule has 0 spiro atoms. The van der Waals surface area contributed by atoms with Gasteiger partial charge in [-0.1, -0.05) is 18.2 Å². The van der Waals surface area contributed by atoms with E-state index in [0.29, 0.717) is 6.42 Å². The molecule has 1 saturated heterocycles. The fourth-order valence-electron chi connectivity index (χ4n) is 2.38. The van der Waals surface area contributed by atoms with Crippen LogP contribution in [0.3, 0.4) is 0 Å². The standard InChI is InChI=1S/C14H22N2O2/c1-18-14-5-3-2-4-12(14)10-13(17)11-16-8-6-15-7-9-16/h2-5,13,15,17H,6-11H2,1H3. The van der Waals surface area contributed by atoms with Gasteiger partial charge in [0.25, 0.3) is 0 Å². The van der Waals surface area contributed by atoms with E-state index in [9.17, 15) is 5.11 Å². The van der Waals surface area contributed by atoms with Gasteiger partial charge in [-0.05, 0) is 11.6 Å². The van der Waals surface area contributed by atoms with Crippen LogP contribution >= 0.6 is 0 Å². The number of β-amino-alcohol motifs (C(OH)–C–C–N with tert-alkyl or cyclic N) is 1. The van der Waals surface area contributed by atoms with Crippen molar-refractivity contribution < 1.29 is 9.84 Å². The smallest absolute Gasteiger partial charge is 0.122 e. The van der Waals surface area contributed by atoms with Crippen LogP contribution in [0.4, 0.5) is 0 Å². The Morgan fingerprint density at radius 1 is 1.33 bits per heavy atom. The van der Waals surface area contributed by atoms with Gasteiger partial charge in [-0.25, -0.2) is 0 Å². The SMILES string of the molecule is COc1ccccc1CC(O)CN1CCNCC1. The first-order valence-electron chi connectivity index (χ1n) is 6.52. The molecule has 0 bridgehead atoms. The highest BCUT2D eigenvalue weighted by Crippen LogP contribution is 2.19. The minimum absolute atomic E-state index is 0.334. The van der Waals surface area contributed by atoms with Crippen LogP contribution in [0.1, 0.15) is 5.56 Å². The van der Waals surface area contributed by atoms with Gasteiger partial charge >= 0.3 is 0 Å². The van der Waals surface area contributed by atoms with E-state index in [4.69, 9.17) is 4.74 Å². The monoisotopic (exact) mass is 250 g/mol. The summed E-state index contributed by atoms with van der Waals surface area (Å²) in [5.74, 6) is 0.858. The average molecular weight is 250 g/mol. The maximum atomic E-state index is 10.2. The van der Waals surface area contributed by atoms with Crippen molar-refractivity contribution in [3.63, 3.8) is 0 Å². The highest BCUT2D eigenvalue weighted by atomic mass is 16.5. The number of aliphatic hydroxyl groups excluding tert-OH is 1. The third-order valence-corrected chi connectivity index (χ3v) is 3.33. The minimum atomic E-state index is -0.334. The van der Waals surface area contributed by atoms with Crippen molar-refractivity contribution in [2.75, 3.05) is 39.8 Å². The Hall–Kier alpha value is -1.10. The lowest BCUT2D eigenvalue weighted by atomic mass is 10.1. The van der Waals surface area contributed by atoms with E-state index < -0.39 is 0 Å². The van der Waals surface area contributed by atoms with Gasteiger partial charge in [-0.3, -0.25) is 4.90 Å². The van der Waals surface area contributed by atoms with Crippen LogP contribution in [0.25, 0.3) is 0 Å². The lowest BCUT2D eigenvalue weighted by Crippen LogP contribution is -2.46. The van der Waals surface area contributed by atoms with E-state index in [2.05, 4.69) is 10.2 Å². The molecule has 4 nitrogen and oxygen atoms in total. The molecule has 1 aromatic carbocycles. The Bertz CT molecular complexity index is 365. The third-order valence-electron chi connectivity index (χ3n) is 3.33.